The lowest BCUT2D eigenvalue weighted by atomic mass is 9.45. The normalized spacial score (nSPS) is 51.8. The maximum Gasteiger partial charge on any atom is 0.172 e. The second-order valence-electron chi connectivity index (χ2n) is 10.3. The number of hydrogen-bond acceptors (Lipinski definition) is 4. The molecule has 5 aliphatic rings. The highest BCUT2D eigenvalue weighted by molar-refractivity contribution is 5.30. The van der Waals surface area contributed by atoms with Crippen LogP contribution in [0.2, 0.25) is 0 Å². The molecule has 4 aliphatic carbocycles. The Balaban J connectivity index is 1.52. The smallest absolute Gasteiger partial charge is 0.172 e. The van der Waals surface area contributed by atoms with Gasteiger partial charge in [0.05, 0.1) is 18.8 Å². The number of rotatable bonds is 1. The Bertz CT molecular complexity index is 727. The van der Waals surface area contributed by atoms with Gasteiger partial charge in [0.1, 0.15) is 5.60 Å². The largest absolute Gasteiger partial charge is 0.390 e. The predicted octanol–water partition coefficient (Wildman–Crippen LogP) is 3.42. The summed E-state index contributed by atoms with van der Waals surface area (Å²) in [5.41, 5.74) is -0.860. The van der Waals surface area contributed by atoms with E-state index in [0.29, 0.717) is 43.8 Å². The van der Waals surface area contributed by atoms with Crippen LogP contribution in [0.1, 0.15) is 65.2 Å². The molecule has 5 rings (SSSR count). The summed E-state index contributed by atoms with van der Waals surface area (Å²) in [6.45, 7) is 5.52. The average Bonchev–Trinajstić information content (AvgIpc) is 3.24. The molecule has 4 unspecified atom stereocenters. The van der Waals surface area contributed by atoms with Gasteiger partial charge < -0.3 is 19.7 Å². The van der Waals surface area contributed by atoms with E-state index in [4.69, 9.17) is 15.9 Å². The summed E-state index contributed by atoms with van der Waals surface area (Å²) in [6.07, 6.45) is 15.0. The molecule has 28 heavy (non-hydrogen) atoms. The molecule has 154 valence electrons. The minimum Gasteiger partial charge on any atom is -0.390 e. The highest BCUT2D eigenvalue weighted by atomic mass is 16.7. The van der Waals surface area contributed by atoms with E-state index >= 15 is 0 Å². The summed E-state index contributed by atoms with van der Waals surface area (Å²) in [6, 6.07) is 0. The molecule has 4 fully saturated rings. The number of allylic oxidation sites excluding steroid dienone is 1. The fraction of sp³-hybridized carbons (Fsp3) is 0.833. The number of fused-ring (bicyclic) bond motifs is 5. The molecule has 1 heterocycles. The van der Waals surface area contributed by atoms with E-state index in [0.717, 1.165) is 38.5 Å². The van der Waals surface area contributed by atoms with Crippen LogP contribution in [0, 0.1) is 41.4 Å². The van der Waals surface area contributed by atoms with Gasteiger partial charge in [-0.25, -0.2) is 0 Å². The SMILES string of the molecule is C#C[C@]1(O)CCC2C3CC=C4CC5(CCC4C3[C@@](C)(O)C[C@@]21CC)OCCO5. The van der Waals surface area contributed by atoms with Gasteiger partial charge in [0.2, 0.25) is 0 Å². The van der Waals surface area contributed by atoms with Crippen molar-refractivity contribution in [2.24, 2.45) is 29.1 Å². The number of hydrogen-bond donors (Lipinski definition) is 2. The first-order valence-electron chi connectivity index (χ1n) is 11.2. The number of terminal acetylenes is 1. The van der Waals surface area contributed by atoms with Gasteiger partial charge in [0, 0.05) is 18.3 Å². The standard InChI is InChI=1S/C24H34O4/c1-4-22-15-21(3,25)20-17-8-11-24(27-12-13-28-24)14-16(17)6-7-18(20)19(22)9-10-23(22,26)5-2/h2,6,17-20,25-26H,4,7-15H2,1,3H3/t17?,18?,19?,20?,21-,22-,23-/m0/s1. The van der Waals surface area contributed by atoms with Crippen LogP contribution >= 0.6 is 0 Å². The van der Waals surface area contributed by atoms with Crippen LogP contribution in [0.3, 0.4) is 0 Å². The first-order chi connectivity index (χ1) is 13.3. The Hall–Kier alpha value is -0.860. The molecule has 4 nitrogen and oxygen atoms in total. The van der Waals surface area contributed by atoms with Crippen molar-refractivity contribution in [2.75, 3.05) is 13.2 Å². The molecule has 1 saturated heterocycles. The predicted molar refractivity (Wildman–Crippen MR) is 106 cm³/mol. The zero-order valence-corrected chi connectivity index (χ0v) is 17.2. The highest BCUT2D eigenvalue weighted by Crippen LogP contribution is 2.68. The van der Waals surface area contributed by atoms with E-state index in [1.807, 2.05) is 6.92 Å². The van der Waals surface area contributed by atoms with Crippen LogP contribution in [0.25, 0.3) is 0 Å². The van der Waals surface area contributed by atoms with E-state index in [2.05, 4.69) is 18.9 Å². The fourth-order valence-electron chi connectivity index (χ4n) is 8.26. The van der Waals surface area contributed by atoms with Gasteiger partial charge in [-0.2, -0.15) is 0 Å². The van der Waals surface area contributed by atoms with E-state index in [1.165, 1.54) is 5.57 Å². The lowest BCUT2D eigenvalue weighted by Crippen LogP contribution is -2.62. The maximum atomic E-state index is 11.8. The molecule has 0 aromatic heterocycles. The van der Waals surface area contributed by atoms with Crippen molar-refractivity contribution >= 4 is 0 Å². The third-order valence-electron chi connectivity index (χ3n) is 9.28. The topological polar surface area (TPSA) is 58.9 Å². The van der Waals surface area contributed by atoms with Crippen molar-refractivity contribution < 1.29 is 19.7 Å². The van der Waals surface area contributed by atoms with Crippen LogP contribution < -0.4 is 0 Å². The van der Waals surface area contributed by atoms with Gasteiger partial charge >= 0.3 is 0 Å². The van der Waals surface area contributed by atoms with E-state index in [9.17, 15) is 10.2 Å². The van der Waals surface area contributed by atoms with Crippen LogP contribution in [0.4, 0.5) is 0 Å². The van der Waals surface area contributed by atoms with Crippen LogP contribution in [-0.4, -0.2) is 40.4 Å². The minimum atomic E-state index is -1.09. The Morgan fingerprint density at radius 3 is 2.64 bits per heavy atom. The zero-order valence-electron chi connectivity index (χ0n) is 17.2. The quantitative estimate of drug-likeness (QED) is 0.536. The Morgan fingerprint density at radius 2 is 1.96 bits per heavy atom. The van der Waals surface area contributed by atoms with Gasteiger partial charge in [0.15, 0.2) is 5.79 Å². The molecule has 0 radical (unpaired) electrons. The molecule has 0 aromatic rings. The van der Waals surface area contributed by atoms with Crippen molar-refractivity contribution in [2.45, 2.75) is 82.2 Å². The summed E-state index contributed by atoms with van der Waals surface area (Å²) in [7, 11) is 0. The fourth-order valence-corrected chi connectivity index (χ4v) is 8.26. The molecule has 2 N–H and O–H groups in total. The van der Waals surface area contributed by atoms with Crippen LogP contribution in [-0.2, 0) is 9.47 Å². The van der Waals surface area contributed by atoms with Crippen molar-refractivity contribution in [1.29, 1.82) is 0 Å². The maximum absolute atomic E-state index is 11.8. The highest BCUT2D eigenvalue weighted by Gasteiger charge is 2.68. The monoisotopic (exact) mass is 386 g/mol. The Labute approximate surface area is 168 Å². The molecular weight excluding hydrogens is 352 g/mol. The molecule has 0 bridgehead atoms. The molecule has 1 spiro atoms. The molecule has 1 aliphatic heterocycles. The van der Waals surface area contributed by atoms with Crippen molar-refractivity contribution in [3.05, 3.63) is 11.6 Å². The summed E-state index contributed by atoms with van der Waals surface area (Å²) in [4.78, 5) is 0. The third kappa shape index (κ3) is 2.34. The van der Waals surface area contributed by atoms with Crippen LogP contribution in [0.15, 0.2) is 11.6 Å². The number of aliphatic hydroxyl groups is 2. The zero-order chi connectivity index (χ0) is 19.8. The Kier molecular flexibility index (Phi) is 4.15. The minimum absolute atomic E-state index is 0.232. The van der Waals surface area contributed by atoms with E-state index in [1.54, 1.807) is 0 Å². The third-order valence-corrected chi connectivity index (χ3v) is 9.28. The molecule has 0 amide bonds. The summed E-state index contributed by atoms with van der Waals surface area (Å²) in [5, 5.41) is 23.1. The van der Waals surface area contributed by atoms with Gasteiger partial charge in [-0.05, 0) is 69.1 Å². The molecule has 4 heteroatoms. The van der Waals surface area contributed by atoms with Gasteiger partial charge in [-0.1, -0.05) is 24.5 Å². The average molecular weight is 387 g/mol. The Morgan fingerprint density at radius 1 is 1.21 bits per heavy atom. The van der Waals surface area contributed by atoms with Gasteiger partial charge in [-0.3, -0.25) is 0 Å². The number of ether oxygens (including phenoxy) is 2. The lowest BCUT2D eigenvalue weighted by molar-refractivity contribution is -0.205. The molecular formula is C24H34O4. The molecule has 7 atom stereocenters. The summed E-state index contributed by atoms with van der Waals surface area (Å²) in [5.74, 6) is 3.73. The van der Waals surface area contributed by atoms with Crippen molar-refractivity contribution in [3.8, 4) is 12.3 Å². The van der Waals surface area contributed by atoms with Crippen LogP contribution in [0.5, 0.6) is 0 Å². The van der Waals surface area contributed by atoms with Crippen molar-refractivity contribution in [1.82, 2.24) is 0 Å². The van der Waals surface area contributed by atoms with Gasteiger partial charge in [0.25, 0.3) is 0 Å². The van der Waals surface area contributed by atoms with Gasteiger partial charge in [-0.15, -0.1) is 6.42 Å². The second-order valence-corrected chi connectivity index (χ2v) is 10.3. The first-order valence-corrected chi connectivity index (χ1v) is 11.2. The van der Waals surface area contributed by atoms with E-state index in [-0.39, 0.29) is 11.3 Å². The van der Waals surface area contributed by atoms with E-state index < -0.39 is 17.0 Å². The molecule has 3 saturated carbocycles. The lowest BCUT2D eigenvalue weighted by Gasteiger charge is -2.61. The summed E-state index contributed by atoms with van der Waals surface area (Å²) < 4.78 is 12.0. The summed E-state index contributed by atoms with van der Waals surface area (Å²) >= 11 is 0. The van der Waals surface area contributed by atoms with Crippen molar-refractivity contribution in [3.63, 3.8) is 0 Å². The molecule has 0 aromatic carbocycles. The first kappa shape index (κ1) is 19.1. The second kappa shape index (κ2) is 6.08.